The molecule has 474 valence electrons. The molecule has 0 rings (SSSR count). The van der Waals surface area contributed by atoms with Crippen molar-refractivity contribution in [2.45, 2.75) is 399 Å². The second-order valence-corrected chi connectivity index (χ2v) is 24.5. The average molecular weight is 1140 g/mol. The van der Waals surface area contributed by atoms with Crippen LogP contribution >= 0.6 is 0 Å². The van der Waals surface area contributed by atoms with Crippen molar-refractivity contribution in [3.63, 3.8) is 0 Å². The Bertz CT molecular complexity index is 1400. The monoisotopic (exact) mass is 1140 g/mol. The van der Waals surface area contributed by atoms with Crippen molar-refractivity contribution < 1.29 is 28.6 Å². The molecular formula is C75H138O6. The lowest BCUT2D eigenvalue weighted by atomic mass is 10.0. The predicted octanol–water partition coefficient (Wildman–Crippen LogP) is 24.9. The zero-order chi connectivity index (χ0) is 58.5. The van der Waals surface area contributed by atoms with Gasteiger partial charge in [0, 0.05) is 19.3 Å². The summed E-state index contributed by atoms with van der Waals surface area (Å²) in [5.74, 6) is -0.872. The van der Waals surface area contributed by atoms with Gasteiger partial charge in [-0.1, -0.05) is 326 Å². The Labute approximate surface area is 505 Å². The molecule has 0 heterocycles. The van der Waals surface area contributed by atoms with Crippen LogP contribution in [0.15, 0.2) is 48.6 Å². The van der Waals surface area contributed by atoms with Gasteiger partial charge in [-0.15, -0.1) is 0 Å². The summed E-state index contributed by atoms with van der Waals surface area (Å²) >= 11 is 0. The minimum atomic E-state index is -0.779. The number of allylic oxidation sites excluding steroid dienone is 8. The first-order chi connectivity index (χ1) is 40.0. The number of ether oxygens (including phenoxy) is 3. The van der Waals surface area contributed by atoms with Gasteiger partial charge in [-0.3, -0.25) is 14.4 Å². The van der Waals surface area contributed by atoms with Gasteiger partial charge in [0.1, 0.15) is 13.2 Å². The van der Waals surface area contributed by atoms with Crippen molar-refractivity contribution in [2.24, 2.45) is 0 Å². The third-order valence-corrected chi connectivity index (χ3v) is 16.3. The maximum absolute atomic E-state index is 12.9. The number of carbonyl (C=O) groups is 3. The third-order valence-electron chi connectivity index (χ3n) is 16.3. The molecule has 1 atom stereocenters. The van der Waals surface area contributed by atoms with Gasteiger partial charge < -0.3 is 14.2 Å². The summed E-state index contributed by atoms with van der Waals surface area (Å²) in [5, 5.41) is 0. The average Bonchev–Trinajstić information content (AvgIpc) is 3.47. The molecule has 0 spiro atoms. The van der Waals surface area contributed by atoms with E-state index in [0.29, 0.717) is 19.3 Å². The molecule has 0 aromatic rings. The second kappa shape index (κ2) is 69.9. The highest BCUT2D eigenvalue weighted by Gasteiger charge is 2.19. The fourth-order valence-electron chi connectivity index (χ4n) is 10.8. The van der Waals surface area contributed by atoms with Crippen molar-refractivity contribution in [3.8, 4) is 0 Å². The molecule has 81 heavy (non-hydrogen) atoms. The summed E-state index contributed by atoms with van der Waals surface area (Å²) in [6.07, 6.45) is 88.9. The Morgan fingerprint density at radius 2 is 0.457 bits per heavy atom. The molecule has 0 fully saturated rings. The first-order valence-electron chi connectivity index (χ1n) is 36.1. The van der Waals surface area contributed by atoms with Gasteiger partial charge in [0.05, 0.1) is 0 Å². The van der Waals surface area contributed by atoms with Gasteiger partial charge in [0.2, 0.25) is 0 Å². The van der Waals surface area contributed by atoms with Crippen LogP contribution < -0.4 is 0 Å². The molecular weight excluding hydrogens is 997 g/mol. The summed E-state index contributed by atoms with van der Waals surface area (Å²) in [4.78, 5) is 38.3. The molecule has 0 bridgehead atoms. The lowest BCUT2D eigenvalue weighted by Gasteiger charge is -2.18. The van der Waals surface area contributed by atoms with Crippen LogP contribution in [-0.4, -0.2) is 37.2 Å². The van der Waals surface area contributed by atoms with E-state index in [0.717, 1.165) is 77.0 Å². The lowest BCUT2D eigenvalue weighted by molar-refractivity contribution is -0.167. The van der Waals surface area contributed by atoms with E-state index in [2.05, 4.69) is 69.4 Å². The van der Waals surface area contributed by atoms with E-state index < -0.39 is 6.10 Å². The number of carbonyl (C=O) groups excluding carboxylic acids is 3. The second-order valence-electron chi connectivity index (χ2n) is 24.5. The number of unbranched alkanes of at least 4 members (excludes halogenated alkanes) is 48. The highest BCUT2D eigenvalue weighted by molar-refractivity contribution is 5.71. The topological polar surface area (TPSA) is 78.9 Å². The fourth-order valence-corrected chi connectivity index (χ4v) is 10.8. The normalized spacial score (nSPS) is 12.3. The molecule has 0 aromatic carbocycles. The Kier molecular flexibility index (Phi) is 67.6. The van der Waals surface area contributed by atoms with E-state index >= 15 is 0 Å². The lowest BCUT2D eigenvalue weighted by Crippen LogP contribution is -2.30. The van der Waals surface area contributed by atoms with Crippen LogP contribution in [0.25, 0.3) is 0 Å². The highest BCUT2D eigenvalue weighted by atomic mass is 16.6. The summed E-state index contributed by atoms with van der Waals surface area (Å²) < 4.78 is 16.9. The largest absolute Gasteiger partial charge is 0.462 e. The molecule has 1 unspecified atom stereocenters. The Morgan fingerprint density at radius 1 is 0.247 bits per heavy atom. The molecule has 6 heteroatoms. The molecule has 0 aliphatic rings. The first-order valence-corrected chi connectivity index (χ1v) is 36.1. The number of rotatable bonds is 67. The van der Waals surface area contributed by atoms with Gasteiger partial charge in [-0.2, -0.15) is 0 Å². The van der Waals surface area contributed by atoms with E-state index in [1.165, 1.54) is 276 Å². The maximum atomic E-state index is 12.9. The molecule has 0 saturated heterocycles. The summed E-state index contributed by atoms with van der Waals surface area (Å²) in [5.41, 5.74) is 0. The SMILES string of the molecule is CCCC/C=C\CCCCCCCC(=O)OCC(COC(=O)CCCCCCCCCCCCCCCCCCCCCCCCC/C=C\CCCCCCCCCC)OC(=O)CCCCCCCCC/C=C\C/C=C\CCCCC. The Morgan fingerprint density at radius 3 is 0.753 bits per heavy atom. The number of hydrogen-bond acceptors (Lipinski definition) is 6. The number of hydrogen-bond donors (Lipinski definition) is 0. The minimum Gasteiger partial charge on any atom is -0.462 e. The van der Waals surface area contributed by atoms with Crippen LogP contribution in [-0.2, 0) is 28.6 Å². The van der Waals surface area contributed by atoms with Crippen LogP contribution in [0.4, 0.5) is 0 Å². The van der Waals surface area contributed by atoms with Crippen molar-refractivity contribution >= 4 is 17.9 Å². The minimum absolute atomic E-state index is 0.0752. The van der Waals surface area contributed by atoms with Crippen LogP contribution in [0.3, 0.4) is 0 Å². The van der Waals surface area contributed by atoms with E-state index in [9.17, 15) is 14.4 Å². The van der Waals surface area contributed by atoms with Crippen LogP contribution in [0.2, 0.25) is 0 Å². The standard InChI is InChI=1S/C75H138O6/c1-4-7-10-13-16-19-22-24-26-28-29-30-31-32-33-34-35-36-37-38-39-40-41-42-43-44-45-47-48-50-53-56-59-62-65-68-74(77)80-71-72(70-79-73(76)67-64-61-58-55-52-21-18-15-12-9-6-3)81-75(78)69-66-63-60-57-54-51-49-46-27-25-23-20-17-14-11-8-5-2/h15,17-18,20,25,27-29,72H,4-14,16,19,21-24,26,30-71H2,1-3H3/b18-15-,20-17-,27-25-,29-28-. The van der Waals surface area contributed by atoms with Crippen molar-refractivity contribution in [1.29, 1.82) is 0 Å². The molecule has 0 radical (unpaired) electrons. The maximum Gasteiger partial charge on any atom is 0.306 e. The Balaban J connectivity index is 4.04. The van der Waals surface area contributed by atoms with Crippen LogP contribution in [0.5, 0.6) is 0 Å². The third kappa shape index (κ3) is 68.0. The molecule has 0 N–H and O–H groups in total. The van der Waals surface area contributed by atoms with Crippen LogP contribution in [0.1, 0.15) is 393 Å². The highest BCUT2D eigenvalue weighted by Crippen LogP contribution is 2.18. The molecule has 0 aliphatic carbocycles. The molecule has 0 aromatic heterocycles. The van der Waals surface area contributed by atoms with Crippen LogP contribution in [0, 0.1) is 0 Å². The quantitative estimate of drug-likeness (QED) is 0.0261. The predicted molar refractivity (Wildman–Crippen MR) is 353 cm³/mol. The van der Waals surface area contributed by atoms with Gasteiger partial charge in [0.15, 0.2) is 6.10 Å². The summed E-state index contributed by atoms with van der Waals surface area (Å²) in [6.45, 7) is 6.62. The number of esters is 3. The van der Waals surface area contributed by atoms with Crippen molar-refractivity contribution in [2.75, 3.05) is 13.2 Å². The van der Waals surface area contributed by atoms with E-state index in [-0.39, 0.29) is 31.1 Å². The van der Waals surface area contributed by atoms with Gasteiger partial charge in [-0.05, 0) is 96.3 Å². The fraction of sp³-hybridized carbons (Fsp3) is 0.853. The van der Waals surface area contributed by atoms with Gasteiger partial charge >= 0.3 is 17.9 Å². The zero-order valence-corrected chi connectivity index (χ0v) is 54.6. The van der Waals surface area contributed by atoms with Gasteiger partial charge in [0.25, 0.3) is 0 Å². The van der Waals surface area contributed by atoms with Gasteiger partial charge in [-0.25, -0.2) is 0 Å². The summed E-state index contributed by atoms with van der Waals surface area (Å²) in [6, 6.07) is 0. The van der Waals surface area contributed by atoms with Crippen molar-refractivity contribution in [3.05, 3.63) is 48.6 Å². The first kappa shape index (κ1) is 78.4. The molecule has 6 nitrogen and oxygen atoms in total. The Hall–Kier alpha value is -2.63. The van der Waals surface area contributed by atoms with E-state index in [4.69, 9.17) is 14.2 Å². The van der Waals surface area contributed by atoms with E-state index in [1.807, 2.05) is 0 Å². The summed E-state index contributed by atoms with van der Waals surface area (Å²) in [7, 11) is 0. The van der Waals surface area contributed by atoms with E-state index in [1.54, 1.807) is 0 Å². The molecule has 0 aliphatic heterocycles. The molecule has 0 saturated carbocycles. The molecule has 0 amide bonds. The zero-order valence-electron chi connectivity index (χ0n) is 54.6. The smallest absolute Gasteiger partial charge is 0.306 e. The van der Waals surface area contributed by atoms with Crippen molar-refractivity contribution in [1.82, 2.24) is 0 Å².